The molecule has 3 rings (SSSR count). The van der Waals surface area contributed by atoms with Gasteiger partial charge in [-0.05, 0) is 25.0 Å². The fraction of sp³-hybridized carbons (Fsp3) is 0.500. The van der Waals surface area contributed by atoms with E-state index in [9.17, 15) is 31.6 Å². The van der Waals surface area contributed by atoms with Gasteiger partial charge in [0.1, 0.15) is 0 Å². The molecular weight excluding hydrogens is 394 g/mol. The van der Waals surface area contributed by atoms with E-state index in [0.717, 1.165) is 23.8 Å². The number of fused-ring (bicyclic) bond motifs is 1. The number of alkyl halides is 2. The van der Waals surface area contributed by atoms with Crippen molar-refractivity contribution in [3.05, 3.63) is 24.3 Å². The van der Waals surface area contributed by atoms with Crippen LogP contribution in [0, 0.1) is 11.8 Å². The Morgan fingerprint density at radius 2 is 1.68 bits per heavy atom. The average Bonchev–Trinajstić information content (AvgIpc) is 2.91. The third-order valence-electron chi connectivity index (χ3n) is 5.20. The molecule has 1 N–H and O–H groups in total. The minimum atomic E-state index is -4.88. The highest BCUT2D eigenvalue weighted by Gasteiger charge is 2.47. The van der Waals surface area contributed by atoms with Gasteiger partial charge in [-0.15, -0.1) is 0 Å². The van der Waals surface area contributed by atoms with Crippen LogP contribution < -0.4 is 5.32 Å². The Morgan fingerprint density at radius 1 is 1.11 bits per heavy atom. The van der Waals surface area contributed by atoms with Crippen LogP contribution in [0.1, 0.15) is 32.1 Å². The first kappa shape index (κ1) is 20.4. The van der Waals surface area contributed by atoms with Crippen LogP contribution in [0.2, 0.25) is 0 Å². The number of hydrogen-bond donors (Lipinski definition) is 1. The Bertz CT molecular complexity index is 879. The van der Waals surface area contributed by atoms with Crippen LogP contribution in [0.5, 0.6) is 0 Å². The Hall–Kier alpha value is -2.36. The van der Waals surface area contributed by atoms with Gasteiger partial charge in [0.25, 0.3) is 0 Å². The molecule has 0 spiro atoms. The lowest BCUT2D eigenvalue weighted by Crippen LogP contribution is -2.34. The zero-order valence-electron chi connectivity index (χ0n) is 14.9. The predicted octanol–water partition coefficient (Wildman–Crippen LogP) is 2.19. The molecule has 152 valence electrons. The van der Waals surface area contributed by atoms with Crippen molar-refractivity contribution in [3.63, 3.8) is 0 Å². The topological polar surface area (TPSA) is 101 Å². The summed E-state index contributed by atoms with van der Waals surface area (Å²) in [4.78, 5) is 37.4. The van der Waals surface area contributed by atoms with Crippen LogP contribution in [-0.4, -0.2) is 43.3 Å². The number of nitrogens with zero attached hydrogens (tertiary/aromatic N) is 1. The van der Waals surface area contributed by atoms with E-state index in [1.54, 1.807) is 0 Å². The fourth-order valence-electron chi connectivity index (χ4n) is 3.79. The van der Waals surface area contributed by atoms with E-state index in [0.29, 0.717) is 12.8 Å². The molecule has 28 heavy (non-hydrogen) atoms. The van der Waals surface area contributed by atoms with Crippen LogP contribution in [0.4, 0.5) is 14.5 Å². The van der Waals surface area contributed by atoms with Gasteiger partial charge in [0.05, 0.1) is 22.4 Å². The first-order valence-corrected chi connectivity index (χ1v) is 10.5. The molecule has 1 aromatic carbocycles. The molecule has 1 aromatic rings. The molecule has 0 unspecified atom stereocenters. The van der Waals surface area contributed by atoms with Crippen molar-refractivity contribution in [1.29, 1.82) is 0 Å². The number of carbonyl (C=O) groups is 3. The SMILES string of the molecule is O=C(CCN1C(=O)[C@@H]2CCCC[C@H]2C1=O)Nc1ccccc1S(=O)(=O)C(F)F. The quantitative estimate of drug-likeness (QED) is 0.719. The standard InChI is InChI=1S/C18H20F2N2O5S/c19-18(20)28(26,27)14-8-4-3-7-13(14)21-15(23)9-10-22-16(24)11-5-1-2-6-12(11)17(22)25/h3-4,7-8,11-12,18H,1-2,5-6,9-10H2,(H,21,23)/t11-,12-/m1/s1. The zero-order valence-corrected chi connectivity index (χ0v) is 15.8. The minimum Gasteiger partial charge on any atom is -0.325 e. The van der Waals surface area contributed by atoms with E-state index >= 15 is 0 Å². The second-order valence-corrected chi connectivity index (χ2v) is 8.81. The van der Waals surface area contributed by atoms with Gasteiger partial charge in [0, 0.05) is 13.0 Å². The minimum absolute atomic E-state index is 0.125. The van der Waals surface area contributed by atoms with Gasteiger partial charge >= 0.3 is 5.76 Å². The van der Waals surface area contributed by atoms with Crippen molar-refractivity contribution in [2.45, 2.75) is 42.8 Å². The summed E-state index contributed by atoms with van der Waals surface area (Å²) in [5, 5.41) is 2.29. The van der Waals surface area contributed by atoms with E-state index in [2.05, 4.69) is 5.32 Å². The number of amides is 3. The molecule has 2 aliphatic rings. The van der Waals surface area contributed by atoms with Crippen molar-refractivity contribution >= 4 is 33.2 Å². The van der Waals surface area contributed by atoms with Crippen molar-refractivity contribution < 1.29 is 31.6 Å². The molecule has 2 atom stereocenters. The van der Waals surface area contributed by atoms with Gasteiger partial charge in [-0.1, -0.05) is 25.0 Å². The maximum Gasteiger partial charge on any atom is 0.341 e. The lowest BCUT2D eigenvalue weighted by atomic mass is 9.81. The number of imide groups is 1. The molecule has 1 saturated carbocycles. The average molecular weight is 414 g/mol. The van der Waals surface area contributed by atoms with Gasteiger partial charge in [-0.25, -0.2) is 8.42 Å². The summed E-state index contributed by atoms with van der Waals surface area (Å²) in [6.07, 6.45) is 2.86. The summed E-state index contributed by atoms with van der Waals surface area (Å²) < 4.78 is 49.1. The summed E-state index contributed by atoms with van der Waals surface area (Å²) in [5.41, 5.74) is -0.263. The Labute approximate surface area is 161 Å². The summed E-state index contributed by atoms with van der Waals surface area (Å²) in [6, 6.07) is 4.86. The van der Waals surface area contributed by atoms with Crippen LogP contribution in [0.25, 0.3) is 0 Å². The molecule has 7 nitrogen and oxygen atoms in total. The van der Waals surface area contributed by atoms with Crippen molar-refractivity contribution in [3.8, 4) is 0 Å². The van der Waals surface area contributed by atoms with E-state index in [-0.39, 0.29) is 42.3 Å². The second kappa shape index (κ2) is 7.94. The number of likely N-dealkylation sites (tertiary alicyclic amines) is 1. The third-order valence-corrected chi connectivity index (χ3v) is 6.64. The number of para-hydroxylation sites is 1. The van der Waals surface area contributed by atoms with E-state index in [1.807, 2.05) is 0 Å². The monoisotopic (exact) mass is 414 g/mol. The third kappa shape index (κ3) is 3.78. The Balaban J connectivity index is 1.66. The molecule has 0 aromatic heterocycles. The van der Waals surface area contributed by atoms with Crippen molar-refractivity contribution in [2.75, 3.05) is 11.9 Å². The highest BCUT2D eigenvalue weighted by Crippen LogP contribution is 2.38. The number of anilines is 1. The largest absolute Gasteiger partial charge is 0.341 e. The van der Waals surface area contributed by atoms with Gasteiger partial charge in [-0.3, -0.25) is 19.3 Å². The first-order valence-electron chi connectivity index (χ1n) is 8.99. The normalized spacial score (nSPS) is 22.5. The molecule has 0 bridgehead atoms. The number of halogens is 2. The summed E-state index contributed by atoms with van der Waals surface area (Å²) in [5.74, 6) is -5.48. The van der Waals surface area contributed by atoms with Crippen LogP contribution in [0.3, 0.4) is 0 Å². The van der Waals surface area contributed by atoms with Crippen LogP contribution in [0.15, 0.2) is 29.2 Å². The highest BCUT2D eigenvalue weighted by molar-refractivity contribution is 7.91. The molecule has 0 radical (unpaired) electrons. The van der Waals surface area contributed by atoms with E-state index < -0.39 is 26.4 Å². The van der Waals surface area contributed by atoms with Crippen molar-refractivity contribution in [2.24, 2.45) is 11.8 Å². The summed E-state index contributed by atoms with van der Waals surface area (Å²) in [6.45, 7) is -0.125. The molecule has 10 heteroatoms. The number of nitrogens with one attached hydrogen (secondary N) is 1. The molecule has 1 aliphatic carbocycles. The smallest absolute Gasteiger partial charge is 0.325 e. The molecule has 1 saturated heterocycles. The second-order valence-electron chi connectivity index (χ2n) is 6.93. The van der Waals surface area contributed by atoms with Gasteiger partial charge < -0.3 is 5.32 Å². The predicted molar refractivity (Wildman–Crippen MR) is 95.0 cm³/mol. The number of hydrogen-bond acceptors (Lipinski definition) is 5. The first-order chi connectivity index (χ1) is 13.2. The van der Waals surface area contributed by atoms with Gasteiger partial charge in [-0.2, -0.15) is 8.78 Å². The number of benzene rings is 1. The number of sulfone groups is 1. The summed E-state index contributed by atoms with van der Waals surface area (Å²) >= 11 is 0. The van der Waals surface area contributed by atoms with Gasteiger partial charge in [0.2, 0.25) is 27.6 Å². The lowest BCUT2D eigenvalue weighted by molar-refractivity contribution is -0.140. The van der Waals surface area contributed by atoms with Crippen molar-refractivity contribution in [1.82, 2.24) is 4.90 Å². The number of rotatable bonds is 6. The molecule has 1 heterocycles. The molecule has 1 aliphatic heterocycles. The Morgan fingerprint density at radius 3 is 2.25 bits per heavy atom. The summed E-state index contributed by atoms with van der Waals surface area (Å²) in [7, 11) is -4.88. The van der Waals surface area contributed by atoms with E-state index in [4.69, 9.17) is 0 Å². The zero-order chi connectivity index (χ0) is 20.5. The lowest BCUT2D eigenvalue weighted by Gasteiger charge is -2.19. The highest BCUT2D eigenvalue weighted by atomic mass is 32.2. The molecule has 2 fully saturated rings. The van der Waals surface area contributed by atoms with Crippen LogP contribution in [-0.2, 0) is 24.2 Å². The maximum atomic E-state index is 12.8. The molecular formula is C18H20F2N2O5S. The Kier molecular flexibility index (Phi) is 5.78. The maximum absolute atomic E-state index is 12.8. The fourth-order valence-corrected chi connectivity index (χ4v) is 4.68. The molecule has 3 amide bonds. The van der Waals surface area contributed by atoms with Gasteiger partial charge in [0.15, 0.2) is 0 Å². The van der Waals surface area contributed by atoms with E-state index in [1.165, 1.54) is 18.2 Å². The van der Waals surface area contributed by atoms with Crippen LogP contribution >= 0.6 is 0 Å². The number of carbonyl (C=O) groups excluding carboxylic acids is 3.